The highest BCUT2D eigenvalue weighted by Gasteiger charge is 2.31. The number of aryl methyl sites for hydroxylation is 1. The molecular weight excluding hydrogens is 194 g/mol. The predicted molar refractivity (Wildman–Crippen MR) is 69.8 cm³/mol. The van der Waals surface area contributed by atoms with Gasteiger partial charge in [-0.2, -0.15) is 0 Å². The second-order valence-corrected chi connectivity index (χ2v) is 5.42. The maximum atomic E-state index is 3.58. The van der Waals surface area contributed by atoms with Crippen molar-refractivity contribution < 1.29 is 0 Å². The highest BCUT2D eigenvalue weighted by atomic mass is 14.9. The van der Waals surface area contributed by atoms with Gasteiger partial charge in [-0.1, -0.05) is 43.7 Å². The topological polar surface area (TPSA) is 12.0 Å². The molecule has 1 saturated carbocycles. The second-order valence-electron chi connectivity index (χ2n) is 5.42. The van der Waals surface area contributed by atoms with E-state index in [0.29, 0.717) is 6.04 Å². The maximum Gasteiger partial charge on any atom is 0.00251 e. The monoisotopic (exact) mass is 217 g/mol. The molecule has 0 amide bonds. The van der Waals surface area contributed by atoms with Gasteiger partial charge in [0.1, 0.15) is 0 Å². The van der Waals surface area contributed by atoms with E-state index in [4.69, 9.17) is 0 Å². The molecule has 1 N–H and O–H groups in total. The van der Waals surface area contributed by atoms with Crippen molar-refractivity contribution in [1.82, 2.24) is 5.32 Å². The van der Waals surface area contributed by atoms with E-state index in [1.807, 2.05) is 0 Å². The van der Waals surface area contributed by atoms with Crippen molar-refractivity contribution in [2.45, 2.75) is 45.6 Å². The van der Waals surface area contributed by atoms with E-state index >= 15 is 0 Å². The van der Waals surface area contributed by atoms with Gasteiger partial charge in [0.15, 0.2) is 0 Å². The van der Waals surface area contributed by atoms with E-state index in [2.05, 4.69) is 50.4 Å². The Bertz CT molecular complexity index is 322. The van der Waals surface area contributed by atoms with Crippen molar-refractivity contribution in [3.63, 3.8) is 0 Å². The first kappa shape index (κ1) is 11.7. The van der Waals surface area contributed by atoms with Crippen LogP contribution in [0.2, 0.25) is 0 Å². The van der Waals surface area contributed by atoms with Crippen LogP contribution in [0.15, 0.2) is 24.3 Å². The van der Waals surface area contributed by atoms with Crippen molar-refractivity contribution in [3.05, 3.63) is 35.4 Å². The zero-order valence-corrected chi connectivity index (χ0v) is 10.7. The molecule has 1 fully saturated rings. The lowest BCUT2D eigenvalue weighted by Crippen LogP contribution is -2.28. The molecule has 0 bridgehead atoms. The van der Waals surface area contributed by atoms with Gasteiger partial charge >= 0.3 is 0 Å². The molecule has 2 rings (SSSR count). The Labute approximate surface area is 99.3 Å². The highest BCUT2D eigenvalue weighted by Crippen LogP contribution is 2.42. The quantitative estimate of drug-likeness (QED) is 0.796. The number of hydrogen-bond donors (Lipinski definition) is 1. The normalized spacial score (nSPS) is 17.8. The number of rotatable bonds is 5. The number of hydrogen-bond acceptors (Lipinski definition) is 1. The molecule has 1 aliphatic rings. The molecule has 1 aliphatic carbocycles. The van der Waals surface area contributed by atoms with Crippen molar-refractivity contribution in [3.8, 4) is 0 Å². The summed E-state index contributed by atoms with van der Waals surface area (Å²) in [7, 11) is 0. The molecule has 0 spiro atoms. The van der Waals surface area contributed by atoms with Crippen molar-refractivity contribution in [1.29, 1.82) is 0 Å². The molecule has 0 saturated heterocycles. The molecule has 1 unspecified atom stereocenters. The molecule has 0 radical (unpaired) electrons. The fourth-order valence-corrected chi connectivity index (χ4v) is 2.23. The summed E-state index contributed by atoms with van der Waals surface area (Å²) in [4.78, 5) is 0. The summed E-state index contributed by atoms with van der Waals surface area (Å²) in [6.45, 7) is 7.73. The molecular formula is C15H23N. The predicted octanol–water partition coefficient (Wildman–Crippen LogP) is 3.49. The minimum atomic E-state index is 0.590. The lowest BCUT2D eigenvalue weighted by atomic mass is 9.93. The molecule has 1 aromatic rings. The van der Waals surface area contributed by atoms with Crippen LogP contribution in [0, 0.1) is 12.8 Å². The van der Waals surface area contributed by atoms with Crippen LogP contribution in [0.1, 0.15) is 43.7 Å². The Morgan fingerprint density at radius 2 is 1.81 bits per heavy atom. The minimum absolute atomic E-state index is 0.590. The first-order valence-electron chi connectivity index (χ1n) is 6.47. The van der Waals surface area contributed by atoms with E-state index < -0.39 is 0 Å². The Hall–Kier alpha value is -0.820. The van der Waals surface area contributed by atoms with Crippen LogP contribution in [-0.2, 0) is 0 Å². The maximum absolute atomic E-state index is 3.58. The van der Waals surface area contributed by atoms with Crippen LogP contribution < -0.4 is 5.32 Å². The van der Waals surface area contributed by atoms with Crippen LogP contribution in [0.4, 0.5) is 0 Å². The van der Waals surface area contributed by atoms with Gasteiger partial charge in [-0.15, -0.1) is 0 Å². The van der Waals surface area contributed by atoms with Crippen LogP contribution in [0.3, 0.4) is 0 Å². The van der Waals surface area contributed by atoms with E-state index in [-0.39, 0.29) is 0 Å². The molecule has 1 aromatic carbocycles. The van der Waals surface area contributed by atoms with Crippen LogP contribution in [-0.4, -0.2) is 12.6 Å². The van der Waals surface area contributed by atoms with Gasteiger partial charge in [0.2, 0.25) is 0 Å². The van der Waals surface area contributed by atoms with Gasteiger partial charge in [-0.25, -0.2) is 0 Å². The Balaban J connectivity index is 2.03. The summed E-state index contributed by atoms with van der Waals surface area (Å²) in [6.07, 6.45) is 2.83. The van der Waals surface area contributed by atoms with Gasteiger partial charge in [0, 0.05) is 12.6 Å². The van der Waals surface area contributed by atoms with Gasteiger partial charge in [-0.05, 0) is 37.2 Å². The van der Waals surface area contributed by atoms with E-state index in [9.17, 15) is 0 Å². The summed E-state index contributed by atoms with van der Waals surface area (Å²) in [5.41, 5.74) is 2.87. The van der Waals surface area contributed by atoms with Crippen LogP contribution in [0.5, 0.6) is 0 Å². The van der Waals surface area contributed by atoms with Gasteiger partial charge < -0.3 is 5.32 Å². The third-order valence-corrected chi connectivity index (χ3v) is 3.44. The zero-order chi connectivity index (χ0) is 11.5. The smallest absolute Gasteiger partial charge is 0.00251 e. The summed E-state index contributed by atoms with van der Waals surface area (Å²) >= 11 is 0. The molecule has 1 nitrogen and oxygen atoms in total. The molecule has 0 aliphatic heterocycles. The fraction of sp³-hybridized carbons (Fsp3) is 0.600. The highest BCUT2D eigenvalue weighted by molar-refractivity contribution is 5.26. The molecule has 88 valence electrons. The van der Waals surface area contributed by atoms with Crippen molar-refractivity contribution in [2.24, 2.45) is 5.92 Å². The SMILES string of the molecule is Cc1ccc(C(CNC(C)C)C2CC2)cc1. The first-order chi connectivity index (χ1) is 7.66. The van der Waals surface area contributed by atoms with E-state index in [1.165, 1.54) is 24.0 Å². The Morgan fingerprint density at radius 1 is 1.19 bits per heavy atom. The average Bonchev–Trinajstić information content (AvgIpc) is 3.04. The summed E-state index contributed by atoms with van der Waals surface area (Å²) in [5, 5.41) is 3.58. The lowest BCUT2D eigenvalue weighted by Gasteiger charge is -2.19. The third-order valence-electron chi connectivity index (χ3n) is 3.44. The average molecular weight is 217 g/mol. The summed E-state index contributed by atoms with van der Waals surface area (Å²) in [5.74, 6) is 1.65. The lowest BCUT2D eigenvalue weighted by molar-refractivity contribution is 0.496. The number of benzene rings is 1. The minimum Gasteiger partial charge on any atom is -0.314 e. The molecule has 0 heterocycles. The van der Waals surface area contributed by atoms with Gasteiger partial charge in [0.25, 0.3) is 0 Å². The van der Waals surface area contributed by atoms with Crippen molar-refractivity contribution >= 4 is 0 Å². The molecule has 1 atom stereocenters. The van der Waals surface area contributed by atoms with E-state index in [0.717, 1.165) is 18.4 Å². The zero-order valence-electron chi connectivity index (χ0n) is 10.7. The first-order valence-corrected chi connectivity index (χ1v) is 6.47. The Morgan fingerprint density at radius 3 is 2.31 bits per heavy atom. The third kappa shape index (κ3) is 3.08. The van der Waals surface area contributed by atoms with Crippen LogP contribution in [0.25, 0.3) is 0 Å². The molecule has 1 heteroatoms. The second kappa shape index (κ2) is 5.01. The standard InChI is InChI=1S/C15H23N/c1-11(2)16-10-15(14-8-9-14)13-6-4-12(3)5-7-13/h4-7,11,14-16H,8-10H2,1-3H3. The molecule has 16 heavy (non-hydrogen) atoms. The van der Waals surface area contributed by atoms with Crippen LogP contribution >= 0.6 is 0 Å². The fourth-order valence-electron chi connectivity index (χ4n) is 2.23. The van der Waals surface area contributed by atoms with E-state index in [1.54, 1.807) is 0 Å². The Kier molecular flexibility index (Phi) is 3.65. The largest absolute Gasteiger partial charge is 0.314 e. The van der Waals surface area contributed by atoms with Gasteiger partial charge in [0.05, 0.1) is 0 Å². The van der Waals surface area contributed by atoms with Gasteiger partial charge in [-0.3, -0.25) is 0 Å². The number of nitrogens with one attached hydrogen (secondary N) is 1. The summed E-state index contributed by atoms with van der Waals surface area (Å²) < 4.78 is 0. The van der Waals surface area contributed by atoms with Crippen molar-refractivity contribution in [2.75, 3.05) is 6.54 Å². The molecule has 0 aromatic heterocycles. The summed E-state index contributed by atoms with van der Waals surface area (Å²) in [6, 6.07) is 9.67.